The van der Waals surface area contributed by atoms with E-state index >= 15 is 0 Å². The van der Waals surface area contributed by atoms with E-state index in [1.165, 1.54) is 0 Å². The van der Waals surface area contributed by atoms with Crippen molar-refractivity contribution < 1.29 is 18.9 Å². The third-order valence-corrected chi connectivity index (χ3v) is 3.28. The molecule has 2 aromatic carbocycles. The minimum Gasteiger partial charge on any atom is -0.496 e. The molecule has 0 unspecified atom stereocenters. The van der Waals surface area contributed by atoms with Crippen molar-refractivity contribution in [1.82, 2.24) is 0 Å². The van der Waals surface area contributed by atoms with Crippen LogP contribution in [0.3, 0.4) is 0 Å². The highest BCUT2D eigenvalue weighted by Gasteiger charge is 2.12. The molecular formula is C18H20O4. The van der Waals surface area contributed by atoms with Crippen LogP contribution in [0.1, 0.15) is 11.1 Å². The molecule has 22 heavy (non-hydrogen) atoms. The lowest BCUT2D eigenvalue weighted by atomic mass is 10.1. The van der Waals surface area contributed by atoms with Crippen LogP contribution in [0, 0.1) is 0 Å². The molecule has 0 aliphatic heterocycles. The van der Waals surface area contributed by atoms with Gasteiger partial charge in [0.05, 0.1) is 28.4 Å². The fraction of sp³-hybridized carbons (Fsp3) is 0.222. The zero-order valence-electron chi connectivity index (χ0n) is 13.3. The first-order valence-corrected chi connectivity index (χ1v) is 6.84. The summed E-state index contributed by atoms with van der Waals surface area (Å²) in [5.74, 6) is 2.66. The summed E-state index contributed by atoms with van der Waals surface area (Å²) in [6.07, 6.45) is 3.96. The second-order valence-corrected chi connectivity index (χ2v) is 4.53. The van der Waals surface area contributed by atoms with Crippen LogP contribution in [-0.2, 0) is 0 Å². The van der Waals surface area contributed by atoms with Crippen molar-refractivity contribution in [3.63, 3.8) is 0 Å². The van der Waals surface area contributed by atoms with Gasteiger partial charge in [-0.3, -0.25) is 0 Å². The fourth-order valence-corrected chi connectivity index (χ4v) is 2.19. The Balaban J connectivity index is 2.39. The first-order valence-electron chi connectivity index (χ1n) is 6.84. The number of ether oxygens (including phenoxy) is 4. The predicted molar refractivity (Wildman–Crippen MR) is 88.0 cm³/mol. The lowest BCUT2D eigenvalue weighted by Gasteiger charge is -2.13. The molecule has 0 spiro atoms. The minimum absolute atomic E-state index is 0.583. The molecule has 0 aromatic heterocycles. The second kappa shape index (κ2) is 7.41. The third-order valence-electron chi connectivity index (χ3n) is 3.28. The summed E-state index contributed by atoms with van der Waals surface area (Å²) in [5.41, 5.74) is 1.94. The average molecular weight is 300 g/mol. The number of rotatable bonds is 6. The van der Waals surface area contributed by atoms with Gasteiger partial charge in [0.2, 0.25) is 5.75 Å². The average Bonchev–Trinajstić information content (AvgIpc) is 2.58. The Hall–Kier alpha value is -2.62. The summed E-state index contributed by atoms with van der Waals surface area (Å²) in [6, 6.07) is 11.6. The van der Waals surface area contributed by atoms with E-state index in [4.69, 9.17) is 18.9 Å². The standard InChI is InChI=1S/C18H20O4/c1-19-15-8-6-5-7-14(15)10-9-13-11-16(20-2)18(22-4)17(12-13)21-3/h5-12H,1-4H3/b10-9+. The lowest BCUT2D eigenvalue weighted by molar-refractivity contribution is 0.324. The predicted octanol–water partition coefficient (Wildman–Crippen LogP) is 3.89. The van der Waals surface area contributed by atoms with Gasteiger partial charge in [-0.2, -0.15) is 0 Å². The maximum Gasteiger partial charge on any atom is 0.203 e. The van der Waals surface area contributed by atoms with E-state index in [2.05, 4.69) is 0 Å². The molecule has 0 saturated heterocycles. The van der Waals surface area contributed by atoms with Crippen LogP contribution in [0.5, 0.6) is 23.0 Å². The van der Waals surface area contributed by atoms with E-state index in [-0.39, 0.29) is 0 Å². The summed E-state index contributed by atoms with van der Waals surface area (Å²) >= 11 is 0. The van der Waals surface area contributed by atoms with Crippen molar-refractivity contribution in [3.8, 4) is 23.0 Å². The molecule has 2 aromatic rings. The zero-order valence-corrected chi connectivity index (χ0v) is 13.3. The molecule has 0 atom stereocenters. The van der Waals surface area contributed by atoms with Gasteiger partial charge in [0.25, 0.3) is 0 Å². The SMILES string of the molecule is COc1ccccc1/C=C/c1cc(OC)c(OC)c(OC)c1. The molecule has 116 valence electrons. The molecule has 2 rings (SSSR count). The largest absolute Gasteiger partial charge is 0.496 e. The smallest absolute Gasteiger partial charge is 0.203 e. The van der Waals surface area contributed by atoms with Gasteiger partial charge >= 0.3 is 0 Å². The summed E-state index contributed by atoms with van der Waals surface area (Å²) in [7, 11) is 6.45. The summed E-state index contributed by atoms with van der Waals surface area (Å²) in [4.78, 5) is 0. The molecule has 0 heterocycles. The monoisotopic (exact) mass is 300 g/mol. The summed E-state index contributed by atoms with van der Waals surface area (Å²) < 4.78 is 21.4. The van der Waals surface area contributed by atoms with Crippen molar-refractivity contribution >= 4 is 12.2 Å². The van der Waals surface area contributed by atoms with Crippen molar-refractivity contribution in [2.75, 3.05) is 28.4 Å². The van der Waals surface area contributed by atoms with Crippen LogP contribution in [0.4, 0.5) is 0 Å². The van der Waals surface area contributed by atoms with Crippen LogP contribution < -0.4 is 18.9 Å². The van der Waals surface area contributed by atoms with E-state index in [1.807, 2.05) is 48.6 Å². The molecule has 0 saturated carbocycles. The van der Waals surface area contributed by atoms with Crippen LogP contribution in [0.15, 0.2) is 36.4 Å². The number of hydrogen-bond acceptors (Lipinski definition) is 4. The van der Waals surface area contributed by atoms with E-state index in [0.717, 1.165) is 16.9 Å². The van der Waals surface area contributed by atoms with Gasteiger partial charge in [0.15, 0.2) is 11.5 Å². The number of hydrogen-bond donors (Lipinski definition) is 0. The molecule has 0 fully saturated rings. The summed E-state index contributed by atoms with van der Waals surface area (Å²) in [6.45, 7) is 0. The molecule has 0 bridgehead atoms. The highest BCUT2D eigenvalue weighted by Crippen LogP contribution is 2.38. The summed E-state index contributed by atoms with van der Waals surface area (Å²) in [5, 5.41) is 0. The molecular weight excluding hydrogens is 280 g/mol. The topological polar surface area (TPSA) is 36.9 Å². The maximum absolute atomic E-state index is 5.35. The molecule has 4 heteroatoms. The first kappa shape index (κ1) is 15.8. The normalized spacial score (nSPS) is 10.5. The van der Waals surface area contributed by atoms with Gasteiger partial charge in [-0.05, 0) is 23.8 Å². The van der Waals surface area contributed by atoms with Gasteiger partial charge in [-0.15, -0.1) is 0 Å². The Kier molecular flexibility index (Phi) is 5.31. The number of benzene rings is 2. The lowest BCUT2D eigenvalue weighted by Crippen LogP contribution is -1.95. The van der Waals surface area contributed by atoms with Crippen LogP contribution in [-0.4, -0.2) is 28.4 Å². The van der Waals surface area contributed by atoms with E-state index < -0.39 is 0 Å². The van der Waals surface area contributed by atoms with Gasteiger partial charge < -0.3 is 18.9 Å². The second-order valence-electron chi connectivity index (χ2n) is 4.53. The Morgan fingerprint density at radius 2 is 1.27 bits per heavy atom. The van der Waals surface area contributed by atoms with Gasteiger partial charge in [0.1, 0.15) is 5.75 Å². The number of para-hydroxylation sites is 1. The molecule has 0 N–H and O–H groups in total. The Bertz CT molecular complexity index is 637. The Morgan fingerprint density at radius 3 is 1.82 bits per heavy atom. The highest BCUT2D eigenvalue weighted by molar-refractivity contribution is 5.74. The van der Waals surface area contributed by atoms with Crippen molar-refractivity contribution in [3.05, 3.63) is 47.5 Å². The fourth-order valence-electron chi connectivity index (χ4n) is 2.19. The highest BCUT2D eigenvalue weighted by atomic mass is 16.5. The van der Waals surface area contributed by atoms with Crippen molar-refractivity contribution in [2.24, 2.45) is 0 Å². The van der Waals surface area contributed by atoms with E-state index in [0.29, 0.717) is 17.2 Å². The Labute approximate surface area is 130 Å². The van der Waals surface area contributed by atoms with Crippen LogP contribution in [0.25, 0.3) is 12.2 Å². The van der Waals surface area contributed by atoms with E-state index in [9.17, 15) is 0 Å². The van der Waals surface area contributed by atoms with Gasteiger partial charge in [-0.25, -0.2) is 0 Å². The number of methoxy groups -OCH3 is 4. The van der Waals surface area contributed by atoms with Crippen LogP contribution >= 0.6 is 0 Å². The first-order chi connectivity index (χ1) is 10.7. The molecule has 4 nitrogen and oxygen atoms in total. The van der Waals surface area contributed by atoms with Gasteiger partial charge in [-0.1, -0.05) is 30.4 Å². The van der Waals surface area contributed by atoms with Crippen molar-refractivity contribution in [1.29, 1.82) is 0 Å². The van der Waals surface area contributed by atoms with Gasteiger partial charge in [0, 0.05) is 5.56 Å². The minimum atomic E-state index is 0.583. The molecule has 0 aliphatic rings. The molecule has 0 amide bonds. The molecule has 0 aliphatic carbocycles. The zero-order chi connectivity index (χ0) is 15.9. The quantitative estimate of drug-likeness (QED) is 0.758. The maximum atomic E-state index is 5.35. The van der Waals surface area contributed by atoms with E-state index in [1.54, 1.807) is 28.4 Å². The van der Waals surface area contributed by atoms with Crippen LogP contribution in [0.2, 0.25) is 0 Å². The van der Waals surface area contributed by atoms with Crippen molar-refractivity contribution in [2.45, 2.75) is 0 Å². The molecule has 0 radical (unpaired) electrons. The Morgan fingerprint density at radius 1 is 0.682 bits per heavy atom. The third kappa shape index (κ3) is 3.34.